The fourth-order valence-corrected chi connectivity index (χ4v) is 4.71. The van der Waals surface area contributed by atoms with Gasteiger partial charge in [-0.25, -0.2) is 4.99 Å². The van der Waals surface area contributed by atoms with E-state index in [-0.39, 0.29) is 0 Å². The van der Waals surface area contributed by atoms with Gasteiger partial charge in [0, 0.05) is 16.3 Å². The van der Waals surface area contributed by atoms with Crippen LogP contribution in [0, 0.1) is 18.3 Å². The summed E-state index contributed by atoms with van der Waals surface area (Å²) < 4.78 is 0. The van der Waals surface area contributed by atoms with Gasteiger partial charge < -0.3 is 5.32 Å². The van der Waals surface area contributed by atoms with Crippen molar-refractivity contribution in [2.75, 3.05) is 5.32 Å². The molecule has 0 saturated heterocycles. The van der Waals surface area contributed by atoms with Gasteiger partial charge in [-0.3, -0.25) is 0 Å². The van der Waals surface area contributed by atoms with Gasteiger partial charge in [0.25, 0.3) is 0 Å². The molecule has 1 heterocycles. The van der Waals surface area contributed by atoms with Crippen molar-refractivity contribution in [3.63, 3.8) is 0 Å². The summed E-state index contributed by atoms with van der Waals surface area (Å²) in [4.78, 5) is 5.18. The largest absolute Gasteiger partial charge is 0.352 e. The van der Waals surface area contributed by atoms with Gasteiger partial charge in [0.15, 0.2) is 0 Å². The quantitative estimate of drug-likeness (QED) is 0.288. The number of fused-ring (bicyclic) bond motifs is 4. The molecular weight excluding hydrogens is 414 g/mol. The lowest BCUT2D eigenvalue weighted by Crippen LogP contribution is -2.06. The van der Waals surface area contributed by atoms with E-state index in [1.165, 1.54) is 0 Å². The second kappa shape index (κ2) is 8.03. The lowest BCUT2D eigenvalue weighted by atomic mass is 9.98. The normalized spacial score (nSPS) is 15.2. The Morgan fingerprint density at radius 3 is 2.26 bits per heavy atom. The Kier molecular flexibility index (Phi) is 4.71. The molecule has 0 radical (unpaired) electrons. The van der Waals surface area contributed by atoms with Crippen LogP contribution in [0.25, 0.3) is 27.1 Å². The molecule has 3 nitrogen and oxygen atoms in total. The van der Waals surface area contributed by atoms with Crippen LogP contribution in [0.15, 0.2) is 114 Å². The van der Waals surface area contributed by atoms with Crippen LogP contribution in [0.4, 0.5) is 11.4 Å². The van der Waals surface area contributed by atoms with Crippen LogP contribution in [0.2, 0.25) is 0 Å². The van der Waals surface area contributed by atoms with Gasteiger partial charge in [0.1, 0.15) is 6.07 Å². The number of hydrogen-bond acceptors (Lipinski definition) is 3. The van der Waals surface area contributed by atoms with E-state index < -0.39 is 0 Å². The summed E-state index contributed by atoms with van der Waals surface area (Å²) in [6.45, 7) is 2.04. The summed E-state index contributed by atoms with van der Waals surface area (Å²) in [7, 11) is 0. The van der Waals surface area contributed by atoms with Crippen molar-refractivity contribution in [1.82, 2.24) is 0 Å². The minimum Gasteiger partial charge on any atom is -0.352 e. The first kappa shape index (κ1) is 20.0. The van der Waals surface area contributed by atoms with Gasteiger partial charge >= 0.3 is 0 Å². The van der Waals surface area contributed by atoms with Crippen molar-refractivity contribution in [1.29, 1.82) is 5.26 Å². The molecule has 160 valence electrons. The molecule has 0 saturated carbocycles. The lowest BCUT2D eigenvalue weighted by molar-refractivity contribution is 1.43. The van der Waals surface area contributed by atoms with Crippen LogP contribution in [-0.4, -0.2) is 5.71 Å². The summed E-state index contributed by atoms with van der Waals surface area (Å²) >= 11 is 0. The number of nitriles is 1. The fourth-order valence-electron chi connectivity index (χ4n) is 4.71. The summed E-state index contributed by atoms with van der Waals surface area (Å²) in [5.41, 5.74) is 6.99. The maximum Gasteiger partial charge on any atom is 0.102 e. The number of nitrogens with zero attached hydrogens (tertiary/aromatic N) is 2. The van der Waals surface area contributed by atoms with Crippen LogP contribution >= 0.6 is 0 Å². The number of hydrogen-bond donors (Lipinski definition) is 1. The molecular formula is C31H21N3. The summed E-state index contributed by atoms with van der Waals surface area (Å²) in [5, 5.41) is 18.3. The molecule has 0 unspecified atom stereocenters. The molecule has 5 aromatic rings. The van der Waals surface area contributed by atoms with Gasteiger partial charge in [0.2, 0.25) is 0 Å². The first-order valence-electron chi connectivity index (χ1n) is 11.3. The first-order chi connectivity index (χ1) is 16.7. The second-order valence-electron chi connectivity index (χ2n) is 8.52. The Morgan fingerprint density at radius 2 is 1.47 bits per heavy atom. The zero-order valence-corrected chi connectivity index (χ0v) is 18.7. The van der Waals surface area contributed by atoms with E-state index >= 15 is 0 Å². The van der Waals surface area contributed by atoms with E-state index in [0.29, 0.717) is 5.57 Å². The van der Waals surface area contributed by atoms with E-state index in [1.807, 2.05) is 67.6 Å². The topological polar surface area (TPSA) is 48.2 Å². The van der Waals surface area contributed by atoms with Crippen molar-refractivity contribution in [2.45, 2.75) is 6.92 Å². The molecule has 0 bridgehead atoms. The van der Waals surface area contributed by atoms with Gasteiger partial charge in [-0.05, 0) is 35.4 Å². The predicted molar refractivity (Wildman–Crippen MR) is 141 cm³/mol. The van der Waals surface area contributed by atoms with Crippen LogP contribution in [0.3, 0.4) is 0 Å². The molecule has 0 fully saturated rings. The third-order valence-electron chi connectivity index (χ3n) is 6.34. The molecule has 34 heavy (non-hydrogen) atoms. The van der Waals surface area contributed by atoms with Crippen LogP contribution in [0.5, 0.6) is 0 Å². The Bertz CT molecular complexity index is 1690. The van der Waals surface area contributed by atoms with Gasteiger partial charge in [0.05, 0.1) is 28.4 Å². The van der Waals surface area contributed by atoms with Crippen molar-refractivity contribution in [3.05, 3.63) is 126 Å². The second-order valence-corrected chi connectivity index (χ2v) is 8.52. The molecule has 3 heteroatoms. The van der Waals surface area contributed by atoms with E-state index in [0.717, 1.165) is 61.0 Å². The maximum absolute atomic E-state index is 10.3. The van der Waals surface area contributed by atoms with Gasteiger partial charge in [-0.1, -0.05) is 96.6 Å². The molecule has 0 aliphatic carbocycles. The number of aliphatic imine (C=N–C) groups is 1. The third-order valence-corrected chi connectivity index (χ3v) is 6.34. The van der Waals surface area contributed by atoms with E-state index in [2.05, 4.69) is 53.9 Å². The molecule has 0 atom stereocenters. The number of rotatable bonds is 2. The maximum atomic E-state index is 10.3. The zero-order valence-electron chi connectivity index (χ0n) is 18.7. The monoisotopic (exact) mass is 435 g/mol. The van der Waals surface area contributed by atoms with Gasteiger partial charge in [-0.2, -0.15) is 5.26 Å². The van der Waals surface area contributed by atoms with Crippen molar-refractivity contribution in [2.24, 2.45) is 4.99 Å². The molecule has 5 aromatic carbocycles. The molecule has 0 amide bonds. The number of benzene rings is 5. The third kappa shape index (κ3) is 3.25. The van der Waals surface area contributed by atoms with Crippen LogP contribution < -0.4 is 5.32 Å². The van der Waals surface area contributed by atoms with Gasteiger partial charge in [-0.15, -0.1) is 0 Å². The van der Waals surface area contributed by atoms with E-state index in [1.54, 1.807) is 0 Å². The SMILES string of the molecule is Cc1cccc(/C(C#N)=C2\Nc3c(ccc4ccccc34)C2=Nc2cccc3ccccc23)c1. The zero-order chi connectivity index (χ0) is 23.1. The lowest BCUT2D eigenvalue weighted by Gasteiger charge is -2.09. The average Bonchev–Trinajstić information content (AvgIpc) is 3.23. The minimum atomic E-state index is 0.586. The smallest absolute Gasteiger partial charge is 0.102 e. The van der Waals surface area contributed by atoms with Crippen LogP contribution in [0.1, 0.15) is 16.7 Å². The Hall–Kier alpha value is -4.68. The number of allylic oxidation sites excluding steroid dienone is 2. The average molecular weight is 436 g/mol. The molecule has 0 aromatic heterocycles. The fraction of sp³-hybridized carbons (Fsp3) is 0.0323. The summed E-state index contributed by atoms with van der Waals surface area (Å²) in [5.74, 6) is 0. The molecule has 1 N–H and O–H groups in total. The van der Waals surface area contributed by atoms with Crippen LogP contribution in [-0.2, 0) is 0 Å². The van der Waals surface area contributed by atoms with Crippen molar-refractivity contribution < 1.29 is 0 Å². The predicted octanol–water partition coefficient (Wildman–Crippen LogP) is 7.78. The first-order valence-corrected chi connectivity index (χ1v) is 11.3. The Morgan fingerprint density at radius 1 is 0.765 bits per heavy atom. The summed E-state index contributed by atoms with van der Waals surface area (Å²) in [6.07, 6.45) is 0. The standard InChI is InChI=1S/C31H21N3/c1-20-8-6-12-23(18-20)27(19-32)31-30(33-28-15-7-11-21-9-2-4-13-24(21)28)26-17-16-22-10-3-5-14-25(22)29(26)34-31/h2-18,34H,1H3/b31-27-,33-30?. The highest BCUT2D eigenvalue weighted by Crippen LogP contribution is 2.40. The Balaban J connectivity index is 1.67. The highest BCUT2D eigenvalue weighted by Gasteiger charge is 2.28. The number of anilines is 1. The van der Waals surface area contributed by atoms with E-state index in [9.17, 15) is 5.26 Å². The molecule has 0 spiro atoms. The van der Waals surface area contributed by atoms with Crippen molar-refractivity contribution >= 4 is 44.2 Å². The summed E-state index contributed by atoms with van der Waals surface area (Å²) in [6, 6.07) is 37.4. The number of nitrogens with one attached hydrogen (secondary N) is 1. The van der Waals surface area contributed by atoms with Crippen molar-refractivity contribution in [3.8, 4) is 6.07 Å². The minimum absolute atomic E-state index is 0.586. The molecule has 6 rings (SSSR count). The highest BCUT2D eigenvalue weighted by atomic mass is 15.0. The molecule has 1 aliphatic heterocycles. The molecule has 1 aliphatic rings. The highest BCUT2D eigenvalue weighted by molar-refractivity contribution is 6.29. The van der Waals surface area contributed by atoms with E-state index in [4.69, 9.17) is 4.99 Å². The Labute approximate surface area is 198 Å². The number of aryl methyl sites for hydroxylation is 1.